The molecule has 0 spiro atoms. The zero-order valence-corrected chi connectivity index (χ0v) is 15.6. The van der Waals surface area contributed by atoms with Gasteiger partial charge < -0.3 is 19.5 Å². The lowest BCUT2D eigenvalue weighted by molar-refractivity contribution is -0.117. The molecule has 0 unspecified atom stereocenters. The highest BCUT2D eigenvalue weighted by Gasteiger charge is 2.19. The number of hydrogen-bond donors (Lipinski definition) is 2. The lowest BCUT2D eigenvalue weighted by Crippen LogP contribution is -2.21. The molecular formula is C18H17FN2O6S. The number of benzene rings is 2. The third kappa shape index (κ3) is 4.52. The Morgan fingerprint density at radius 2 is 1.89 bits per heavy atom. The molecule has 1 aliphatic rings. The molecule has 0 atom stereocenters. The van der Waals surface area contributed by atoms with Gasteiger partial charge in [-0.3, -0.25) is 9.52 Å². The second-order valence-corrected chi connectivity index (χ2v) is 7.31. The fourth-order valence-electron chi connectivity index (χ4n) is 2.36. The predicted molar refractivity (Wildman–Crippen MR) is 98.8 cm³/mol. The maximum Gasteiger partial charge on any atom is 0.294 e. The highest BCUT2D eigenvalue weighted by Crippen LogP contribution is 2.30. The number of ether oxygens (including phenoxy) is 3. The smallest absolute Gasteiger partial charge is 0.294 e. The molecule has 1 heterocycles. The minimum Gasteiger partial charge on any atom is -0.495 e. The molecule has 148 valence electrons. The number of anilines is 2. The van der Waals surface area contributed by atoms with Gasteiger partial charge in [0.15, 0.2) is 0 Å². The quantitative estimate of drug-likeness (QED) is 0.761. The summed E-state index contributed by atoms with van der Waals surface area (Å²) in [6.45, 7) is 0.610. The molecule has 0 saturated heterocycles. The van der Waals surface area contributed by atoms with Crippen molar-refractivity contribution in [3.8, 4) is 5.75 Å². The first-order valence-electron chi connectivity index (χ1n) is 8.11. The number of carbonyl (C=O) groups is 1. The van der Waals surface area contributed by atoms with E-state index in [1.807, 2.05) is 0 Å². The average Bonchev–Trinajstić information content (AvgIpc) is 2.69. The van der Waals surface area contributed by atoms with Crippen LogP contribution in [-0.4, -0.2) is 34.6 Å². The van der Waals surface area contributed by atoms with Crippen molar-refractivity contribution in [3.63, 3.8) is 0 Å². The van der Waals surface area contributed by atoms with Crippen LogP contribution in [-0.2, 0) is 24.3 Å². The predicted octanol–water partition coefficient (Wildman–Crippen LogP) is 2.46. The van der Waals surface area contributed by atoms with Crippen molar-refractivity contribution >= 4 is 27.3 Å². The van der Waals surface area contributed by atoms with Crippen LogP contribution in [0, 0.1) is 5.82 Å². The summed E-state index contributed by atoms with van der Waals surface area (Å²) in [6.07, 6.45) is 1.21. The molecule has 1 amide bonds. The Morgan fingerprint density at radius 1 is 1.14 bits per heavy atom. The van der Waals surface area contributed by atoms with Crippen molar-refractivity contribution in [3.05, 3.63) is 60.3 Å². The maximum atomic E-state index is 13.0. The molecule has 0 radical (unpaired) electrons. The van der Waals surface area contributed by atoms with Crippen molar-refractivity contribution in [2.75, 3.05) is 30.4 Å². The Labute approximate surface area is 161 Å². The van der Waals surface area contributed by atoms with Gasteiger partial charge in [0, 0.05) is 5.69 Å². The summed E-state index contributed by atoms with van der Waals surface area (Å²) in [4.78, 5) is 12.1. The van der Waals surface area contributed by atoms with Gasteiger partial charge in [0.2, 0.25) is 5.76 Å². The first-order valence-corrected chi connectivity index (χ1v) is 9.60. The van der Waals surface area contributed by atoms with Gasteiger partial charge in [-0.2, -0.15) is 0 Å². The normalized spacial score (nSPS) is 13.6. The number of methoxy groups -OCH3 is 1. The number of sulfonamides is 1. The first kappa shape index (κ1) is 19.5. The highest BCUT2D eigenvalue weighted by molar-refractivity contribution is 7.92. The van der Waals surface area contributed by atoms with E-state index in [9.17, 15) is 17.6 Å². The number of hydrogen-bond acceptors (Lipinski definition) is 6. The van der Waals surface area contributed by atoms with Crippen LogP contribution >= 0.6 is 0 Å². The van der Waals surface area contributed by atoms with Gasteiger partial charge in [-0.05, 0) is 42.5 Å². The number of nitrogens with one attached hydrogen (secondary N) is 2. The molecule has 10 heteroatoms. The van der Waals surface area contributed by atoms with E-state index in [1.165, 1.54) is 31.6 Å². The van der Waals surface area contributed by atoms with Gasteiger partial charge in [0.25, 0.3) is 15.9 Å². The third-order valence-corrected chi connectivity index (χ3v) is 5.08. The summed E-state index contributed by atoms with van der Waals surface area (Å²) in [6, 6.07) is 8.79. The average molecular weight is 408 g/mol. The Bertz CT molecular complexity index is 1010. The molecule has 0 aliphatic carbocycles. The van der Waals surface area contributed by atoms with Crippen LogP contribution in [0.15, 0.2) is 59.4 Å². The van der Waals surface area contributed by atoms with Crippen molar-refractivity contribution in [2.45, 2.75) is 4.90 Å². The first-order chi connectivity index (χ1) is 13.4. The highest BCUT2D eigenvalue weighted by atomic mass is 32.2. The van der Waals surface area contributed by atoms with E-state index in [4.69, 9.17) is 14.2 Å². The molecule has 1 aliphatic heterocycles. The fraction of sp³-hybridized carbons (Fsp3) is 0.167. The van der Waals surface area contributed by atoms with E-state index >= 15 is 0 Å². The minimum atomic E-state index is -3.99. The Morgan fingerprint density at radius 3 is 2.54 bits per heavy atom. The molecule has 8 nitrogen and oxygen atoms in total. The molecule has 2 N–H and O–H groups in total. The zero-order valence-electron chi connectivity index (χ0n) is 14.8. The summed E-state index contributed by atoms with van der Waals surface area (Å²) < 4.78 is 55.9. The van der Waals surface area contributed by atoms with E-state index in [-0.39, 0.29) is 28.7 Å². The van der Waals surface area contributed by atoms with Gasteiger partial charge in [-0.1, -0.05) is 0 Å². The summed E-state index contributed by atoms with van der Waals surface area (Å²) in [5.74, 6) is -0.850. The second-order valence-electron chi connectivity index (χ2n) is 5.63. The van der Waals surface area contributed by atoms with Gasteiger partial charge in [0.05, 0.1) is 17.7 Å². The standard InChI is InChI=1S/C18H17FN2O6S/c1-25-16-7-4-13(20-18(22)17-11-26-8-9-27-17)10-15(16)21-28(23,24)14-5-2-12(19)3-6-14/h2-7,10-11,21H,8-9H2,1H3,(H,20,22). The van der Waals surface area contributed by atoms with Gasteiger partial charge in [0.1, 0.15) is 31.0 Å². The maximum absolute atomic E-state index is 13.0. The molecule has 0 fully saturated rings. The van der Waals surface area contributed by atoms with Crippen molar-refractivity contribution < 1.29 is 31.8 Å². The topological polar surface area (TPSA) is 103 Å². The zero-order chi connectivity index (χ0) is 20.1. The van der Waals surface area contributed by atoms with Crippen LogP contribution < -0.4 is 14.8 Å². The molecular weight excluding hydrogens is 391 g/mol. The lowest BCUT2D eigenvalue weighted by atomic mass is 10.2. The largest absolute Gasteiger partial charge is 0.495 e. The van der Waals surface area contributed by atoms with Gasteiger partial charge in [-0.15, -0.1) is 0 Å². The molecule has 2 aromatic rings. The van der Waals surface area contributed by atoms with E-state index in [0.717, 1.165) is 24.3 Å². The second kappa shape index (κ2) is 8.17. The van der Waals surface area contributed by atoms with Crippen molar-refractivity contribution in [1.29, 1.82) is 0 Å². The number of halogens is 1. The molecule has 2 aromatic carbocycles. The fourth-order valence-corrected chi connectivity index (χ4v) is 3.42. The van der Waals surface area contributed by atoms with E-state index in [1.54, 1.807) is 0 Å². The molecule has 3 rings (SSSR count). The number of rotatable bonds is 6. The SMILES string of the molecule is COc1ccc(NC(=O)C2=COCCO2)cc1NS(=O)(=O)c1ccc(F)cc1. The summed E-state index contributed by atoms with van der Waals surface area (Å²) >= 11 is 0. The summed E-state index contributed by atoms with van der Waals surface area (Å²) in [5.41, 5.74) is 0.400. The minimum absolute atomic E-state index is 0.00973. The van der Waals surface area contributed by atoms with Crippen LogP contribution in [0.1, 0.15) is 0 Å². The van der Waals surface area contributed by atoms with E-state index in [2.05, 4.69) is 10.0 Å². The van der Waals surface area contributed by atoms with Gasteiger partial charge in [-0.25, -0.2) is 12.8 Å². The van der Waals surface area contributed by atoms with Crippen LogP contribution in [0.4, 0.5) is 15.8 Å². The van der Waals surface area contributed by atoms with Crippen LogP contribution in [0.2, 0.25) is 0 Å². The molecule has 28 heavy (non-hydrogen) atoms. The Kier molecular flexibility index (Phi) is 5.69. The lowest BCUT2D eigenvalue weighted by Gasteiger charge is -2.16. The third-order valence-electron chi connectivity index (χ3n) is 3.70. The van der Waals surface area contributed by atoms with E-state index in [0.29, 0.717) is 12.3 Å². The summed E-state index contributed by atoms with van der Waals surface area (Å²) in [5, 5.41) is 2.58. The number of amides is 1. The van der Waals surface area contributed by atoms with Crippen molar-refractivity contribution in [2.24, 2.45) is 0 Å². The summed E-state index contributed by atoms with van der Waals surface area (Å²) in [7, 11) is -2.62. The molecule has 0 saturated carbocycles. The Hall–Kier alpha value is -3.27. The molecule has 0 aromatic heterocycles. The number of carbonyl (C=O) groups excluding carboxylic acids is 1. The van der Waals surface area contributed by atoms with Crippen LogP contribution in [0.5, 0.6) is 5.75 Å². The van der Waals surface area contributed by atoms with Crippen LogP contribution in [0.25, 0.3) is 0 Å². The van der Waals surface area contributed by atoms with Crippen LogP contribution in [0.3, 0.4) is 0 Å². The van der Waals surface area contributed by atoms with Crippen molar-refractivity contribution in [1.82, 2.24) is 0 Å². The van der Waals surface area contributed by atoms with Gasteiger partial charge >= 0.3 is 0 Å². The Balaban J connectivity index is 1.83. The van der Waals surface area contributed by atoms with E-state index < -0.39 is 21.7 Å². The monoisotopic (exact) mass is 408 g/mol. The molecule has 0 bridgehead atoms.